The normalized spacial score (nSPS) is 10.6. The van der Waals surface area contributed by atoms with Crippen LogP contribution in [-0.4, -0.2) is 41.3 Å². The molecule has 1 aromatic carbocycles. The molecule has 1 heterocycles. The molecule has 0 saturated heterocycles. The van der Waals surface area contributed by atoms with Crippen LogP contribution in [0, 0.1) is 0 Å². The Morgan fingerprint density at radius 1 is 1.33 bits per heavy atom. The SMILES string of the molecule is CCOC(=O)c1nnn(CCOC)c1-c1ccc(N)cc1. The first-order valence-electron chi connectivity index (χ1n) is 6.62. The van der Waals surface area contributed by atoms with Crippen molar-refractivity contribution in [2.75, 3.05) is 26.1 Å². The Balaban J connectivity index is 2.44. The number of rotatable bonds is 6. The van der Waals surface area contributed by atoms with Gasteiger partial charge in [-0.1, -0.05) is 17.3 Å². The number of methoxy groups -OCH3 is 1. The second kappa shape index (κ2) is 6.85. The molecule has 0 amide bonds. The Morgan fingerprint density at radius 2 is 2.05 bits per heavy atom. The lowest BCUT2D eigenvalue weighted by Gasteiger charge is -2.08. The standard InChI is InChI=1S/C14H18N4O3/c1-3-21-14(19)12-13(10-4-6-11(15)7-5-10)18(17-16-12)8-9-20-2/h4-7H,3,8-9,15H2,1-2H3. The number of benzene rings is 1. The van der Waals surface area contributed by atoms with Gasteiger partial charge in [-0.05, 0) is 19.1 Å². The summed E-state index contributed by atoms with van der Waals surface area (Å²) in [5.41, 5.74) is 7.93. The summed E-state index contributed by atoms with van der Waals surface area (Å²) in [4.78, 5) is 12.0. The Hall–Kier alpha value is -2.41. The number of aromatic nitrogens is 3. The molecule has 1 aromatic heterocycles. The minimum Gasteiger partial charge on any atom is -0.461 e. The highest BCUT2D eigenvalue weighted by Gasteiger charge is 2.22. The summed E-state index contributed by atoms with van der Waals surface area (Å²) in [6.07, 6.45) is 0. The Kier molecular flexibility index (Phi) is 4.89. The highest BCUT2D eigenvalue weighted by atomic mass is 16.5. The van der Waals surface area contributed by atoms with Gasteiger partial charge in [0.1, 0.15) is 5.69 Å². The Labute approximate surface area is 122 Å². The van der Waals surface area contributed by atoms with Crippen LogP contribution >= 0.6 is 0 Å². The van der Waals surface area contributed by atoms with Crippen molar-refractivity contribution in [1.82, 2.24) is 15.0 Å². The maximum Gasteiger partial charge on any atom is 0.361 e. The number of nitrogens with two attached hydrogens (primary N) is 1. The van der Waals surface area contributed by atoms with E-state index in [-0.39, 0.29) is 12.3 Å². The van der Waals surface area contributed by atoms with Crippen molar-refractivity contribution < 1.29 is 14.3 Å². The fourth-order valence-corrected chi connectivity index (χ4v) is 1.91. The van der Waals surface area contributed by atoms with Gasteiger partial charge in [0, 0.05) is 18.4 Å². The zero-order valence-corrected chi connectivity index (χ0v) is 12.1. The highest BCUT2D eigenvalue weighted by Crippen LogP contribution is 2.24. The van der Waals surface area contributed by atoms with E-state index in [0.29, 0.717) is 24.5 Å². The molecule has 21 heavy (non-hydrogen) atoms. The molecule has 0 unspecified atom stereocenters. The zero-order chi connectivity index (χ0) is 15.2. The van der Waals surface area contributed by atoms with Gasteiger partial charge in [0.2, 0.25) is 0 Å². The van der Waals surface area contributed by atoms with Crippen molar-refractivity contribution in [1.29, 1.82) is 0 Å². The third-order valence-electron chi connectivity index (χ3n) is 2.90. The van der Waals surface area contributed by atoms with Crippen molar-refractivity contribution in [2.45, 2.75) is 13.5 Å². The number of esters is 1. The number of anilines is 1. The summed E-state index contributed by atoms with van der Waals surface area (Å²) in [6.45, 7) is 2.98. The zero-order valence-electron chi connectivity index (χ0n) is 12.1. The van der Waals surface area contributed by atoms with Gasteiger partial charge in [-0.15, -0.1) is 5.10 Å². The van der Waals surface area contributed by atoms with Gasteiger partial charge in [-0.25, -0.2) is 9.48 Å². The van der Waals surface area contributed by atoms with Crippen molar-refractivity contribution in [2.24, 2.45) is 0 Å². The van der Waals surface area contributed by atoms with E-state index in [1.54, 1.807) is 30.8 Å². The third-order valence-corrected chi connectivity index (χ3v) is 2.90. The van der Waals surface area contributed by atoms with Gasteiger partial charge in [0.05, 0.1) is 19.8 Å². The molecule has 2 N–H and O–H groups in total. The summed E-state index contributed by atoms with van der Waals surface area (Å²) < 4.78 is 11.7. The van der Waals surface area contributed by atoms with E-state index in [1.807, 2.05) is 12.1 Å². The van der Waals surface area contributed by atoms with Gasteiger partial charge in [-0.2, -0.15) is 0 Å². The molecule has 7 heteroatoms. The molecule has 0 aliphatic carbocycles. The lowest BCUT2D eigenvalue weighted by atomic mass is 10.1. The summed E-state index contributed by atoms with van der Waals surface area (Å²) in [7, 11) is 1.60. The number of nitrogen functional groups attached to an aromatic ring is 1. The van der Waals surface area contributed by atoms with Crippen molar-refractivity contribution in [3.05, 3.63) is 30.0 Å². The van der Waals surface area contributed by atoms with Crippen LogP contribution in [0.1, 0.15) is 17.4 Å². The molecule has 0 bridgehead atoms. The Morgan fingerprint density at radius 3 is 2.67 bits per heavy atom. The summed E-state index contributed by atoms with van der Waals surface area (Å²) in [6, 6.07) is 7.16. The largest absolute Gasteiger partial charge is 0.461 e. The quantitative estimate of drug-likeness (QED) is 0.637. The van der Waals surface area contributed by atoms with Crippen LogP contribution in [0.5, 0.6) is 0 Å². The topological polar surface area (TPSA) is 92.3 Å². The fourth-order valence-electron chi connectivity index (χ4n) is 1.91. The molecule has 112 valence electrons. The van der Waals surface area contributed by atoms with Crippen molar-refractivity contribution in [3.63, 3.8) is 0 Å². The lowest BCUT2D eigenvalue weighted by Crippen LogP contribution is -2.10. The maximum atomic E-state index is 12.0. The number of carbonyl (C=O) groups excluding carboxylic acids is 1. The number of carbonyl (C=O) groups is 1. The molecule has 0 aliphatic heterocycles. The number of hydrogen-bond acceptors (Lipinski definition) is 6. The monoisotopic (exact) mass is 290 g/mol. The van der Waals surface area contributed by atoms with E-state index >= 15 is 0 Å². The lowest BCUT2D eigenvalue weighted by molar-refractivity contribution is 0.0520. The number of ether oxygens (including phenoxy) is 2. The van der Waals surface area contributed by atoms with Gasteiger partial charge in [-0.3, -0.25) is 0 Å². The average molecular weight is 290 g/mol. The minimum atomic E-state index is -0.493. The van der Waals surface area contributed by atoms with Crippen LogP contribution in [0.2, 0.25) is 0 Å². The van der Waals surface area contributed by atoms with Gasteiger partial charge >= 0.3 is 5.97 Å². The smallest absolute Gasteiger partial charge is 0.361 e. The average Bonchev–Trinajstić information content (AvgIpc) is 2.90. The third kappa shape index (κ3) is 3.38. The molecular formula is C14H18N4O3. The van der Waals surface area contributed by atoms with E-state index < -0.39 is 5.97 Å². The summed E-state index contributed by atoms with van der Waals surface area (Å²) >= 11 is 0. The molecule has 7 nitrogen and oxygen atoms in total. The summed E-state index contributed by atoms with van der Waals surface area (Å²) in [5, 5.41) is 7.95. The molecule has 0 spiro atoms. The first kappa shape index (κ1) is 15.0. The predicted molar refractivity (Wildman–Crippen MR) is 77.7 cm³/mol. The predicted octanol–water partition coefficient (Wildman–Crippen LogP) is 1.35. The minimum absolute atomic E-state index is 0.192. The van der Waals surface area contributed by atoms with Crippen LogP contribution in [0.3, 0.4) is 0 Å². The fraction of sp³-hybridized carbons (Fsp3) is 0.357. The molecule has 2 rings (SSSR count). The second-order valence-corrected chi connectivity index (χ2v) is 4.35. The van der Waals surface area contributed by atoms with Crippen LogP contribution in [0.25, 0.3) is 11.3 Å². The van der Waals surface area contributed by atoms with Gasteiger partial charge in [0.15, 0.2) is 5.69 Å². The van der Waals surface area contributed by atoms with E-state index in [1.165, 1.54) is 0 Å². The van der Waals surface area contributed by atoms with E-state index in [4.69, 9.17) is 15.2 Å². The molecule has 2 aromatic rings. The van der Waals surface area contributed by atoms with E-state index in [9.17, 15) is 4.79 Å². The van der Waals surface area contributed by atoms with Gasteiger partial charge < -0.3 is 15.2 Å². The van der Waals surface area contributed by atoms with Crippen LogP contribution in [0.15, 0.2) is 24.3 Å². The molecular weight excluding hydrogens is 272 g/mol. The van der Waals surface area contributed by atoms with E-state index in [0.717, 1.165) is 5.56 Å². The van der Waals surface area contributed by atoms with Crippen LogP contribution in [-0.2, 0) is 16.0 Å². The van der Waals surface area contributed by atoms with Gasteiger partial charge in [0.25, 0.3) is 0 Å². The maximum absolute atomic E-state index is 12.0. The number of hydrogen-bond donors (Lipinski definition) is 1. The van der Waals surface area contributed by atoms with E-state index in [2.05, 4.69) is 10.3 Å². The molecule has 0 aliphatic rings. The molecule has 0 atom stereocenters. The van der Waals surface area contributed by atoms with Crippen molar-refractivity contribution in [3.8, 4) is 11.3 Å². The van der Waals surface area contributed by atoms with Crippen molar-refractivity contribution >= 4 is 11.7 Å². The molecule has 0 fully saturated rings. The second-order valence-electron chi connectivity index (χ2n) is 4.35. The van der Waals surface area contributed by atoms with Crippen LogP contribution < -0.4 is 5.73 Å². The molecule has 0 saturated carbocycles. The first-order valence-corrected chi connectivity index (χ1v) is 6.62. The Bertz CT molecular complexity index is 607. The number of nitrogens with zero attached hydrogens (tertiary/aromatic N) is 3. The molecule has 0 radical (unpaired) electrons. The summed E-state index contributed by atoms with van der Waals surface area (Å²) in [5.74, 6) is -0.493. The first-order chi connectivity index (χ1) is 10.2. The highest BCUT2D eigenvalue weighted by molar-refractivity contribution is 5.94. The van der Waals surface area contributed by atoms with Crippen LogP contribution in [0.4, 0.5) is 5.69 Å².